The first-order valence-electron chi connectivity index (χ1n) is 5.47. The highest BCUT2D eigenvalue weighted by molar-refractivity contribution is 7.15. The van der Waals surface area contributed by atoms with Crippen LogP contribution < -0.4 is 0 Å². The third-order valence-electron chi connectivity index (χ3n) is 3.19. The van der Waals surface area contributed by atoms with Crippen LogP contribution in [-0.4, -0.2) is 6.08 Å². The largest absolute Gasteiger partial charge is 0.241 e. The minimum Gasteiger partial charge on any atom is -0.211 e. The van der Waals surface area contributed by atoms with Crippen molar-refractivity contribution in [1.82, 2.24) is 0 Å². The van der Waals surface area contributed by atoms with Gasteiger partial charge in [-0.15, -0.1) is 11.3 Å². The zero-order valence-electron chi connectivity index (χ0n) is 8.90. The highest BCUT2D eigenvalue weighted by Gasteiger charge is 2.20. The van der Waals surface area contributed by atoms with E-state index < -0.39 is 0 Å². The summed E-state index contributed by atoms with van der Waals surface area (Å²) in [5, 5.41) is 0.790. The van der Waals surface area contributed by atoms with Crippen molar-refractivity contribution in [2.24, 2.45) is 10.9 Å². The number of aliphatic imine (C=N–C) groups is 1. The second kappa shape index (κ2) is 4.73. The van der Waals surface area contributed by atoms with Crippen molar-refractivity contribution in [2.45, 2.75) is 38.5 Å². The topological polar surface area (TPSA) is 29.4 Å². The van der Waals surface area contributed by atoms with E-state index in [0.717, 1.165) is 10.9 Å². The first-order valence-corrected chi connectivity index (χ1v) is 6.29. The molecule has 0 radical (unpaired) electrons. The Balaban J connectivity index is 2.06. The monoisotopic (exact) mass is 221 g/mol. The molecule has 0 atom stereocenters. The predicted molar refractivity (Wildman–Crippen MR) is 62.5 cm³/mol. The Labute approximate surface area is 94.0 Å². The standard InChI is InChI=1S/C12H15NOS/c1-9-2-4-10(5-3-9)11-6-7-12(15-11)13-8-14/h6-7,9-10H,2-5H2,1H3. The number of isocyanates is 1. The van der Waals surface area contributed by atoms with Gasteiger partial charge in [-0.25, -0.2) is 4.79 Å². The summed E-state index contributed by atoms with van der Waals surface area (Å²) in [4.78, 5) is 15.2. The van der Waals surface area contributed by atoms with Crippen LogP contribution in [0.15, 0.2) is 17.1 Å². The second-order valence-electron chi connectivity index (χ2n) is 4.34. The second-order valence-corrected chi connectivity index (χ2v) is 5.43. The number of thiophene rings is 1. The molecule has 3 heteroatoms. The fourth-order valence-corrected chi connectivity index (χ4v) is 3.21. The van der Waals surface area contributed by atoms with E-state index in [4.69, 9.17) is 0 Å². The summed E-state index contributed by atoms with van der Waals surface area (Å²) in [5.74, 6) is 1.58. The fourth-order valence-electron chi connectivity index (χ4n) is 2.21. The lowest BCUT2D eigenvalue weighted by atomic mass is 9.82. The number of nitrogens with zero attached hydrogens (tertiary/aromatic N) is 1. The van der Waals surface area contributed by atoms with Gasteiger partial charge in [0.1, 0.15) is 5.00 Å². The van der Waals surface area contributed by atoms with E-state index in [1.807, 2.05) is 6.07 Å². The van der Waals surface area contributed by atoms with E-state index in [-0.39, 0.29) is 0 Å². The van der Waals surface area contributed by atoms with Crippen molar-refractivity contribution < 1.29 is 4.79 Å². The fraction of sp³-hybridized carbons (Fsp3) is 0.583. The normalized spacial score (nSPS) is 25.9. The first kappa shape index (κ1) is 10.6. The molecule has 0 spiro atoms. The van der Waals surface area contributed by atoms with Gasteiger partial charge in [0.15, 0.2) is 0 Å². The molecule has 1 aliphatic rings. The molecule has 0 N–H and O–H groups in total. The Bertz CT molecular complexity index is 371. The molecule has 1 aromatic rings. The molecule has 0 bridgehead atoms. The third-order valence-corrected chi connectivity index (χ3v) is 4.33. The van der Waals surface area contributed by atoms with Crippen LogP contribution in [0.4, 0.5) is 5.00 Å². The van der Waals surface area contributed by atoms with Gasteiger partial charge in [-0.2, -0.15) is 4.99 Å². The molecule has 0 aliphatic heterocycles. The Morgan fingerprint density at radius 1 is 1.33 bits per heavy atom. The summed E-state index contributed by atoms with van der Waals surface area (Å²) < 4.78 is 0. The maximum absolute atomic E-state index is 10.1. The van der Waals surface area contributed by atoms with Gasteiger partial charge in [0.25, 0.3) is 0 Å². The van der Waals surface area contributed by atoms with Crippen molar-refractivity contribution >= 4 is 22.4 Å². The van der Waals surface area contributed by atoms with E-state index in [0.29, 0.717) is 5.92 Å². The van der Waals surface area contributed by atoms with E-state index in [1.165, 1.54) is 30.6 Å². The minimum atomic E-state index is 0.696. The highest BCUT2D eigenvalue weighted by Crippen LogP contribution is 2.40. The lowest BCUT2D eigenvalue weighted by Crippen LogP contribution is -2.09. The average Bonchev–Trinajstić information content (AvgIpc) is 2.68. The van der Waals surface area contributed by atoms with Crippen LogP contribution in [0.1, 0.15) is 43.4 Å². The minimum absolute atomic E-state index is 0.696. The van der Waals surface area contributed by atoms with Gasteiger partial charge in [-0.3, -0.25) is 0 Å². The summed E-state index contributed by atoms with van der Waals surface area (Å²) >= 11 is 1.64. The zero-order chi connectivity index (χ0) is 10.7. The maximum atomic E-state index is 10.1. The molecule has 0 saturated heterocycles. The summed E-state index contributed by atoms with van der Waals surface area (Å²) in [6.07, 6.45) is 6.82. The molecule has 0 unspecified atom stereocenters. The molecule has 1 aliphatic carbocycles. The van der Waals surface area contributed by atoms with Gasteiger partial charge >= 0.3 is 0 Å². The van der Waals surface area contributed by atoms with Crippen molar-refractivity contribution in [2.75, 3.05) is 0 Å². The lowest BCUT2D eigenvalue weighted by Gasteiger charge is -2.25. The van der Waals surface area contributed by atoms with E-state index in [2.05, 4.69) is 18.0 Å². The zero-order valence-corrected chi connectivity index (χ0v) is 9.72. The van der Waals surface area contributed by atoms with E-state index >= 15 is 0 Å². The Morgan fingerprint density at radius 3 is 2.73 bits per heavy atom. The van der Waals surface area contributed by atoms with Crippen LogP contribution in [0.25, 0.3) is 0 Å². The maximum Gasteiger partial charge on any atom is 0.241 e. The smallest absolute Gasteiger partial charge is 0.211 e. The summed E-state index contributed by atoms with van der Waals surface area (Å²) in [6.45, 7) is 2.33. The van der Waals surface area contributed by atoms with E-state index in [9.17, 15) is 4.79 Å². The molecule has 1 heterocycles. The first-order chi connectivity index (χ1) is 7.29. The number of rotatable bonds is 2. The molecule has 1 saturated carbocycles. The summed E-state index contributed by atoms with van der Waals surface area (Å²) in [5.41, 5.74) is 0. The third kappa shape index (κ3) is 2.55. The van der Waals surface area contributed by atoms with Crippen LogP contribution in [0.5, 0.6) is 0 Å². The Kier molecular flexibility index (Phi) is 3.34. The van der Waals surface area contributed by atoms with Gasteiger partial charge in [-0.1, -0.05) is 19.8 Å². The van der Waals surface area contributed by atoms with Crippen molar-refractivity contribution in [3.63, 3.8) is 0 Å². The van der Waals surface area contributed by atoms with Gasteiger partial charge in [0.05, 0.1) is 0 Å². The number of carbonyl (C=O) groups excluding carboxylic acids is 1. The molecule has 1 aromatic heterocycles. The van der Waals surface area contributed by atoms with Gasteiger partial charge < -0.3 is 0 Å². The lowest BCUT2D eigenvalue weighted by molar-refractivity contribution is 0.350. The number of hydrogen-bond acceptors (Lipinski definition) is 3. The van der Waals surface area contributed by atoms with Crippen LogP contribution in [0, 0.1) is 5.92 Å². The van der Waals surface area contributed by atoms with Crippen molar-refractivity contribution in [1.29, 1.82) is 0 Å². The molecule has 0 aromatic carbocycles. The van der Waals surface area contributed by atoms with Crippen molar-refractivity contribution in [3.05, 3.63) is 17.0 Å². The summed E-state index contributed by atoms with van der Waals surface area (Å²) in [6, 6.07) is 4.03. The molecule has 80 valence electrons. The Morgan fingerprint density at radius 2 is 2.07 bits per heavy atom. The van der Waals surface area contributed by atoms with E-state index in [1.54, 1.807) is 17.4 Å². The van der Waals surface area contributed by atoms with Gasteiger partial charge in [-0.05, 0) is 36.8 Å². The Hall–Kier alpha value is -0.920. The van der Waals surface area contributed by atoms with Crippen LogP contribution >= 0.6 is 11.3 Å². The van der Waals surface area contributed by atoms with Crippen LogP contribution in [0.3, 0.4) is 0 Å². The molecule has 15 heavy (non-hydrogen) atoms. The van der Waals surface area contributed by atoms with Crippen LogP contribution in [-0.2, 0) is 4.79 Å². The molecule has 0 amide bonds. The number of hydrogen-bond donors (Lipinski definition) is 0. The van der Waals surface area contributed by atoms with Crippen molar-refractivity contribution in [3.8, 4) is 0 Å². The molecule has 1 fully saturated rings. The molecular formula is C12H15NOS. The van der Waals surface area contributed by atoms with Gasteiger partial charge in [0.2, 0.25) is 6.08 Å². The SMILES string of the molecule is CC1CCC(c2ccc(N=C=O)s2)CC1. The van der Waals surface area contributed by atoms with Crippen LogP contribution in [0.2, 0.25) is 0 Å². The highest BCUT2D eigenvalue weighted by atomic mass is 32.1. The van der Waals surface area contributed by atoms with Gasteiger partial charge in [0, 0.05) is 4.88 Å². The quantitative estimate of drug-likeness (QED) is 0.548. The molecule has 2 rings (SSSR count). The summed E-state index contributed by atoms with van der Waals surface area (Å²) in [7, 11) is 0. The average molecular weight is 221 g/mol. The molecular weight excluding hydrogens is 206 g/mol. The molecule has 2 nitrogen and oxygen atoms in total. The predicted octanol–water partition coefficient (Wildman–Crippen LogP) is 4.01.